The van der Waals surface area contributed by atoms with Gasteiger partial charge in [0.05, 0.1) is 18.3 Å². The molecule has 9 heteroatoms. The van der Waals surface area contributed by atoms with E-state index in [4.69, 9.17) is 16.3 Å². The van der Waals surface area contributed by atoms with Gasteiger partial charge < -0.3 is 19.9 Å². The number of hydrogen-bond acceptors (Lipinski definition) is 5. The Morgan fingerprint density at radius 3 is 2.62 bits per heavy atom. The number of anilines is 2. The number of hydrogen-bond donors (Lipinski definition) is 2. The molecule has 0 radical (unpaired) electrons. The van der Waals surface area contributed by atoms with Crippen molar-refractivity contribution in [3.8, 4) is 0 Å². The van der Waals surface area contributed by atoms with Crippen LogP contribution >= 0.6 is 11.6 Å². The standard InChI is InChI=1S/C25H28ClFN4O3/c1-4-34-25(33)23-22(19-14-18(27)7-8-20(19)28-23)29-24(32)16(3)30-9-11-31(12-10-30)21-13-17(26)6-5-15(21)2/h5-8,13-14,16,28H,4,9-12H2,1-3H3,(H,29,32). The van der Waals surface area contributed by atoms with Crippen molar-refractivity contribution in [2.45, 2.75) is 26.8 Å². The number of aromatic amines is 1. The summed E-state index contributed by atoms with van der Waals surface area (Å²) in [6.07, 6.45) is 0. The monoisotopic (exact) mass is 486 g/mol. The molecule has 34 heavy (non-hydrogen) atoms. The maximum absolute atomic E-state index is 13.9. The average molecular weight is 487 g/mol. The Morgan fingerprint density at radius 1 is 1.18 bits per heavy atom. The molecule has 2 heterocycles. The fourth-order valence-corrected chi connectivity index (χ4v) is 4.48. The second-order valence-corrected chi connectivity index (χ2v) is 8.84. The summed E-state index contributed by atoms with van der Waals surface area (Å²) in [5.74, 6) is -1.34. The number of aryl methyl sites for hydroxylation is 1. The number of amides is 1. The first kappa shape index (κ1) is 24.0. The number of rotatable bonds is 6. The summed E-state index contributed by atoms with van der Waals surface area (Å²) in [6, 6.07) is 9.52. The highest BCUT2D eigenvalue weighted by Gasteiger charge is 2.28. The number of fused-ring (bicyclic) bond motifs is 1. The SMILES string of the molecule is CCOC(=O)c1[nH]c2ccc(F)cc2c1NC(=O)C(C)N1CCN(c2cc(Cl)ccc2C)CC1. The summed E-state index contributed by atoms with van der Waals surface area (Å²) in [5, 5.41) is 3.96. The number of halogens is 2. The third-order valence-corrected chi connectivity index (χ3v) is 6.48. The molecule has 1 saturated heterocycles. The second kappa shape index (κ2) is 10.0. The van der Waals surface area contributed by atoms with Gasteiger partial charge in [-0.05, 0) is 56.7 Å². The molecular formula is C25H28ClFN4O3. The number of nitrogens with one attached hydrogen (secondary N) is 2. The second-order valence-electron chi connectivity index (χ2n) is 8.40. The highest BCUT2D eigenvalue weighted by atomic mass is 35.5. The first-order chi connectivity index (χ1) is 16.3. The third kappa shape index (κ3) is 4.88. The van der Waals surface area contributed by atoms with Gasteiger partial charge in [0.1, 0.15) is 11.5 Å². The van der Waals surface area contributed by atoms with Gasteiger partial charge >= 0.3 is 5.97 Å². The molecule has 1 atom stereocenters. The van der Waals surface area contributed by atoms with Crippen LogP contribution in [-0.4, -0.2) is 60.6 Å². The zero-order valence-corrected chi connectivity index (χ0v) is 20.2. The van der Waals surface area contributed by atoms with Crippen LogP contribution in [0.2, 0.25) is 5.02 Å². The molecule has 0 aliphatic carbocycles. The van der Waals surface area contributed by atoms with Gasteiger partial charge in [0, 0.05) is 47.8 Å². The Morgan fingerprint density at radius 2 is 1.91 bits per heavy atom. The van der Waals surface area contributed by atoms with E-state index in [0.29, 0.717) is 29.0 Å². The molecule has 3 aromatic rings. The van der Waals surface area contributed by atoms with Crippen LogP contribution in [0.3, 0.4) is 0 Å². The minimum atomic E-state index is -0.604. The summed E-state index contributed by atoms with van der Waals surface area (Å²) in [6.45, 7) is 8.65. The number of carbonyl (C=O) groups excluding carboxylic acids is 2. The fourth-order valence-electron chi connectivity index (χ4n) is 4.32. The topological polar surface area (TPSA) is 77.7 Å². The van der Waals surface area contributed by atoms with Crippen molar-refractivity contribution in [1.82, 2.24) is 9.88 Å². The number of aromatic nitrogens is 1. The lowest BCUT2D eigenvalue weighted by Crippen LogP contribution is -2.53. The van der Waals surface area contributed by atoms with Crippen LogP contribution in [0.5, 0.6) is 0 Å². The normalized spacial score (nSPS) is 15.4. The molecule has 1 aliphatic rings. The molecule has 1 aliphatic heterocycles. The molecule has 7 nitrogen and oxygen atoms in total. The van der Waals surface area contributed by atoms with Gasteiger partial charge in [0.2, 0.25) is 5.91 Å². The van der Waals surface area contributed by atoms with E-state index in [-0.39, 0.29) is 23.9 Å². The first-order valence-corrected chi connectivity index (χ1v) is 11.7. The van der Waals surface area contributed by atoms with E-state index in [1.165, 1.54) is 18.2 Å². The van der Waals surface area contributed by atoms with Crippen molar-refractivity contribution in [1.29, 1.82) is 0 Å². The zero-order valence-electron chi connectivity index (χ0n) is 19.5. The van der Waals surface area contributed by atoms with Gasteiger partial charge in [-0.15, -0.1) is 0 Å². The van der Waals surface area contributed by atoms with E-state index in [1.807, 2.05) is 25.1 Å². The van der Waals surface area contributed by atoms with Crippen molar-refractivity contribution < 1.29 is 18.7 Å². The quantitative estimate of drug-likeness (QED) is 0.498. The maximum atomic E-state index is 13.9. The van der Waals surface area contributed by atoms with Crippen molar-refractivity contribution in [2.75, 3.05) is 43.0 Å². The predicted octanol–water partition coefficient (Wildman–Crippen LogP) is 4.59. The molecule has 0 spiro atoms. The number of H-pyrrole nitrogens is 1. The van der Waals surface area contributed by atoms with Crippen LogP contribution in [0, 0.1) is 12.7 Å². The van der Waals surface area contributed by atoms with E-state index in [0.717, 1.165) is 24.3 Å². The van der Waals surface area contributed by atoms with Gasteiger partial charge in [0.15, 0.2) is 0 Å². The number of carbonyl (C=O) groups is 2. The summed E-state index contributed by atoms with van der Waals surface area (Å²) < 4.78 is 19.0. The molecule has 1 aromatic heterocycles. The highest BCUT2D eigenvalue weighted by molar-refractivity contribution is 6.30. The Kier molecular flexibility index (Phi) is 7.09. The predicted molar refractivity (Wildman–Crippen MR) is 132 cm³/mol. The lowest BCUT2D eigenvalue weighted by molar-refractivity contribution is -0.120. The highest BCUT2D eigenvalue weighted by Crippen LogP contribution is 2.30. The Hall–Kier alpha value is -3.10. The summed E-state index contributed by atoms with van der Waals surface area (Å²) in [4.78, 5) is 33.0. The smallest absolute Gasteiger partial charge is 0.356 e. The number of esters is 1. The number of piperazine rings is 1. The van der Waals surface area contributed by atoms with Crippen LogP contribution in [-0.2, 0) is 9.53 Å². The van der Waals surface area contributed by atoms with Crippen LogP contribution < -0.4 is 10.2 Å². The maximum Gasteiger partial charge on any atom is 0.356 e. The minimum Gasteiger partial charge on any atom is -0.461 e. The van der Waals surface area contributed by atoms with Crippen LogP contribution in [0.1, 0.15) is 29.9 Å². The number of ether oxygens (including phenoxy) is 1. The van der Waals surface area contributed by atoms with Crippen molar-refractivity contribution in [3.63, 3.8) is 0 Å². The van der Waals surface area contributed by atoms with Gasteiger partial charge in [-0.25, -0.2) is 9.18 Å². The number of benzene rings is 2. The fraction of sp³-hybridized carbons (Fsp3) is 0.360. The first-order valence-electron chi connectivity index (χ1n) is 11.3. The van der Waals surface area contributed by atoms with E-state index in [2.05, 4.69) is 27.0 Å². The minimum absolute atomic E-state index is 0.101. The van der Waals surface area contributed by atoms with Gasteiger partial charge in [-0.1, -0.05) is 17.7 Å². The molecule has 0 saturated carbocycles. The van der Waals surface area contributed by atoms with Crippen molar-refractivity contribution in [3.05, 3.63) is 58.5 Å². The van der Waals surface area contributed by atoms with Crippen molar-refractivity contribution in [2.24, 2.45) is 0 Å². The molecule has 2 N–H and O–H groups in total. The van der Waals surface area contributed by atoms with Gasteiger partial charge in [-0.2, -0.15) is 0 Å². The third-order valence-electron chi connectivity index (χ3n) is 6.24. The molecule has 1 fully saturated rings. The Bertz CT molecular complexity index is 1220. The zero-order chi connectivity index (χ0) is 24.4. The molecule has 1 unspecified atom stereocenters. The molecule has 1 amide bonds. The van der Waals surface area contributed by atoms with E-state index in [9.17, 15) is 14.0 Å². The van der Waals surface area contributed by atoms with Crippen LogP contribution in [0.4, 0.5) is 15.8 Å². The average Bonchev–Trinajstić information content (AvgIpc) is 3.18. The van der Waals surface area contributed by atoms with Gasteiger partial charge in [-0.3, -0.25) is 9.69 Å². The van der Waals surface area contributed by atoms with Crippen molar-refractivity contribution >= 4 is 45.8 Å². The molecule has 0 bridgehead atoms. The van der Waals surface area contributed by atoms with Crippen LogP contribution in [0.25, 0.3) is 10.9 Å². The number of nitrogens with zero attached hydrogens (tertiary/aromatic N) is 2. The van der Waals surface area contributed by atoms with E-state index < -0.39 is 17.8 Å². The molecule has 180 valence electrons. The molecule has 2 aromatic carbocycles. The molecular weight excluding hydrogens is 459 g/mol. The lowest BCUT2D eigenvalue weighted by atomic mass is 10.1. The lowest BCUT2D eigenvalue weighted by Gasteiger charge is -2.39. The largest absolute Gasteiger partial charge is 0.461 e. The van der Waals surface area contributed by atoms with Gasteiger partial charge in [0.25, 0.3) is 0 Å². The van der Waals surface area contributed by atoms with Crippen LogP contribution in [0.15, 0.2) is 36.4 Å². The summed E-state index contributed by atoms with van der Waals surface area (Å²) in [7, 11) is 0. The Labute approximate surface area is 202 Å². The molecule has 4 rings (SSSR count). The summed E-state index contributed by atoms with van der Waals surface area (Å²) in [5.41, 5.74) is 3.13. The van der Waals surface area contributed by atoms with E-state index >= 15 is 0 Å². The Balaban J connectivity index is 1.49. The van der Waals surface area contributed by atoms with E-state index in [1.54, 1.807) is 6.92 Å². The summed E-state index contributed by atoms with van der Waals surface area (Å²) >= 11 is 6.18.